The van der Waals surface area contributed by atoms with E-state index in [1.54, 1.807) is 29.2 Å². The van der Waals surface area contributed by atoms with Crippen LogP contribution in [0.25, 0.3) is 5.65 Å². The number of furan rings is 1. The van der Waals surface area contributed by atoms with Crippen molar-refractivity contribution in [2.75, 3.05) is 11.4 Å². The molecular weight excluding hydrogens is 296 g/mol. The predicted molar refractivity (Wildman–Crippen MR) is 81.7 cm³/mol. The second kappa shape index (κ2) is 5.71. The van der Waals surface area contributed by atoms with Crippen LogP contribution in [0.5, 0.6) is 0 Å². The fraction of sp³-hybridized carbons (Fsp3) is 0.333. The van der Waals surface area contributed by atoms with E-state index in [4.69, 9.17) is 4.42 Å². The number of carbonyl (C=O) groups excluding carboxylic acids is 1. The van der Waals surface area contributed by atoms with Gasteiger partial charge in [-0.1, -0.05) is 0 Å². The summed E-state index contributed by atoms with van der Waals surface area (Å²) in [7, 11) is 0. The molecule has 1 aliphatic rings. The van der Waals surface area contributed by atoms with Crippen molar-refractivity contribution >= 4 is 17.4 Å². The molecule has 0 spiro atoms. The fourth-order valence-electron chi connectivity index (χ4n) is 2.95. The van der Waals surface area contributed by atoms with Crippen LogP contribution < -0.4 is 10.2 Å². The highest BCUT2D eigenvalue weighted by Gasteiger charge is 2.32. The summed E-state index contributed by atoms with van der Waals surface area (Å²) in [6.45, 7) is 1.18. The van der Waals surface area contributed by atoms with E-state index in [-0.39, 0.29) is 11.9 Å². The third-order valence-corrected chi connectivity index (χ3v) is 4.04. The Morgan fingerprint density at radius 2 is 2.39 bits per heavy atom. The lowest BCUT2D eigenvalue weighted by Gasteiger charge is -2.25. The average Bonchev–Trinajstić information content (AvgIpc) is 3.32. The van der Waals surface area contributed by atoms with Crippen molar-refractivity contribution in [3.8, 4) is 0 Å². The molecule has 3 aromatic heterocycles. The molecule has 1 aliphatic heterocycles. The van der Waals surface area contributed by atoms with E-state index >= 15 is 0 Å². The van der Waals surface area contributed by atoms with Crippen LogP contribution in [0.15, 0.2) is 41.5 Å². The Hall–Kier alpha value is -2.90. The molecule has 0 aromatic carbocycles. The van der Waals surface area contributed by atoms with Crippen molar-refractivity contribution in [2.45, 2.75) is 25.4 Å². The molecule has 8 heteroatoms. The van der Waals surface area contributed by atoms with E-state index in [9.17, 15) is 4.79 Å². The monoisotopic (exact) mass is 312 g/mol. The maximum absolute atomic E-state index is 12.5. The quantitative estimate of drug-likeness (QED) is 0.773. The molecule has 1 saturated heterocycles. The second-order valence-corrected chi connectivity index (χ2v) is 5.44. The van der Waals surface area contributed by atoms with Gasteiger partial charge in [-0.3, -0.25) is 9.78 Å². The lowest BCUT2D eigenvalue weighted by Crippen LogP contribution is -2.43. The smallest absolute Gasteiger partial charge is 0.243 e. The Morgan fingerprint density at radius 1 is 1.43 bits per heavy atom. The number of nitrogens with zero attached hydrogens (tertiary/aromatic N) is 5. The van der Waals surface area contributed by atoms with Crippen LogP contribution in [0.3, 0.4) is 0 Å². The van der Waals surface area contributed by atoms with Crippen molar-refractivity contribution < 1.29 is 9.21 Å². The highest BCUT2D eigenvalue weighted by atomic mass is 16.3. The van der Waals surface area contributed by atoms with Gasteiger partial charge in [0.2, 0.25) is 5.91 Å². The summed E-state index contributed by atoms with van der Waals surface area (Å²) in [6.07, 6.45) is 8.21. The highest BCUT2D eigenvalue weighted by Crippen LogP contribution is 2.25. The van der Waals surface area contributed by atoms with Gasteiger partial charge in [0.1, 0.15) is 18.1 Å². The van der Waals surface area contributed by atoms with Crippen LogP contribution in [0.2, 0.25) is 0 Å². The maximum atomic E-state index is 12.5. The maximum Gasteiger partial charge on any atom is 0.243 e. The Kier molecular flexibility index (Phi) is 3.41. The van der Waals surface area contributed by atoms with Gasteiger partial charge in [0.15, 0.2) is 11.5 Å². The van der Waals surface area contributed by atoms with E-state index < -0.39 is 0 Å². The molecule has 4 rings (SSSR count). The molecule has 1 fully saturated rings. The predicted octanol–water partition coefficient (Wildman–Crippen LogP) is 1.00. The van der Waals surface area contributed by atoms with E-state index in [0.29, 0.717) is 12.2 Å². The number of fused-ring (bicyclic) bond motifs is 1. The van der Waals surface area contributed by atoms with E-state index in [1.807, 2.05) is 11.0 Å². The molecule has 0 bridgehead atoms. The molecule has 1 N–H and O–H groups in total. The molecule has 23 heavy (non-hydrogen) atoms. The van der Waals surface area contributed by atoms with Crippen LogP contribution in [0, 0.1) is 0 Å². The van der Waals surface area contributed by atoms with Crippen molar-refractivity contribution in [3.05, 3.63) is 42.9 Å². The van der Waals surface area contributed by atoms with Gasteiger partial charge in [-0.05, 0) is 25.0 Å². The molecule has 0 saturated carbocycles. The Labute approximate surface area is 132 Å². The summed E-state index contributed by atoms with van der Waals surface area (Å²) in [4.78, 5) is 22.9. The first-order valence-electron chi connectivity index (χ1n) is 7.53. The van der Waals surface area contributed by atoms with Crippen LogP contribution >= 0.6 is 0 Å². The normalized spacial score (nSPS) is 17.7. The van der Waals surface area contributed by atoms with Crippen molar-refractivity contribution in [3.63, 3.8) is 0 Å². The minimum Gasteiger partial charge on any atom is -0.467 e. The largest absolute Gasteiger partial charge is 0.467 e. The van der Waals surface area contributed by atoms with Gasteiger partial charge < -0.3 is 14.6 Å². The number of hydrogen-bond donors (Lipinski definition) is 1. The number of hydrogen-bond acceptors (Lipinski definition) is 6. The van der Waals surface area contributed by atoms with E-state index in [1.165, 1.54) is 6.33 Å². The van der Waals surface area contributed by atoms with Gasteiger partial charge in [-0.2, -0.15) is 9.61 Å². The highest BCUT2D eigenvalue weighted by molar-refractivity contribution is 5.85. The van der Waals surface area contributed by atoms with Crippen molar-refractivity contribution in [1.82, 2.24) is 24.9 Å². The number of carbonyl (C=O) groups is 1. The second-order valence-electron chi connectivity index (χ2n) is 5.44. The standard InChI is InChI=1S/C15H16N6O2/c22-15(17-7-11-3-2-6-23-11)12-4-1-5-20(12)14-9-16-8-13-18-10-19-21(13)14/h2-3,6,8-10,12H,1,4-5,7H2,(H,17,22). The van der Waals surface area contributed by atoms with Gasteiger partial charge in [-0.15, -0.1) is 0 Å². The Morgan fingerprint density at radius 3 is 3.26 bits per heavy atom. The van der Waals surface area contributed by atoms with Crippen LogP contribution in [0.4, 0.5) is 5.82 Å². The number of anilines is 1. The van der Waals surface area contributed by atoms with Gasteiger partial charge in [0.05, 0.1) is 25.2 Å². The number of rotatable bonds is 4. The minimum atomic E-state index is -0.235. The summed E-state index contributed by atoms with van der Waals surface area (Å²) in [5.41, 5.74) is 0.671. The van der Waals surface area contributed by atoms with Crippen molar-refractivity contribution in [1.29, 1.82) is 0 Å². The molecule has 0 aliphatic carbocycles. The van der Waals surface area contributed by atoms with Crippen LogP contribution in [-0.4, -0.2) is 38.1 Å². The molecule has 118 valence electrons. The third-order valence-electron chi connectivity index (χ3n) is 4.04. The SMILES string of the molecule is O=C(NCc1ccco1)C1CCCN1c1cncc2ncnn12. The first-order chi connectivity index (χ1) is 11.3. The van der Waals surface area contributed by atoms with E-state index in [0.717, 1.165) is 31.0 Å². The first kappa shape index (κ1) is 13.7. The molecule has 0 radical (unpaired) electrons. The molecule has 1 atom stereocenters. The Balaban J connectivity index is 1.54. The third kappa shape index (κ3) is 2.52. The molecule has 8 nitrogen and oxygen atoms in total. The summed E-state index contributed by atoms with van der Waals surface area (Å²) < 4.78 is 6.96. The Bertz CT molecular complexity index is 812. The summed E-state index contributed by atoms with van der Waals surface area (Å²) in [5.74, 6) is 1.51. The molecule has 3 aromatic rings. The number of amides is 1. The topological polar surface area (TPSA) is 88.6 Å². The molecule has 4 heterocycles. The van der Waals surface area contributed by atoms with Gasteiger partial charge in [-0.25, -0.2) is 4.98 Å². The summed E-state index contributed by atoms with van der Waals surface area (Å²) >= 11 is 0. The number of aromatic nitrogens is 4. The lowest BCUT2D eigenvalue weighted by atomic mass is 10.2. The fourth-order valence-corrected chi connectivity index (χ4v) is 2.95. The van der Waals surface area contributed by atoms with E-state index in [2.05, 4.69) is 20.4 Å². The molecule has 1 amide bonds. The zero-order valence-electron chi connectivity index (χ0n) is 12.4. The lowest BCUT2D eigenvalue weighted by molar-refractivity contribution is -0.122. The minimum absolute atomic E-state index is 0.0176. The van der Waals surface area contributed by atoms with Crippen LogP contribution in [0.1, 0.15) is 18.6 Å². The zero-order valence-corrected chi connectivity index (χ0v) is 12.4. The summed E-state index contributed by atoms with van der Waals surface area (Å²) in [6, 6.07) is 3.41. The van der Waals surface area contributed by atoms with Gasteiger partial charge >= 0.3 is 0 Å². The molecular formula is C15H16N6O2. The van der Waals surface area contributed by atoms with Crippen LogP contribution in [-0.2, 0) is 11.3 Å². The number of nitrogens with one attached hydrogen (secondary N) is 1. The average molecular weight is 312 g/mol. The van der Waals surface area contributed by atoms with Gasteiger partial charge in [0, 0.05) is 6.54 Å². The zero-order chi connectivity index (χ0) is 15.6. The first-order valence-corrected chi connectivity index (χ1v) is 7.53. The molecule has 1 unspecified atom stereocenters. The summed E-state index contributed by atoms with van der Waals surface area (Å²) in [5, 5.41) is 7.15. The van der Waals surface area contributed by atoms with Gasteiger partial charge in [0.25, 0.3) is 0 Å². The van der Waals surface area contributed by atoms with Crippen molar-refractivity contribution in [2.24, 2.45) is 0 Å².